The topological polar surface area (TPSA) is 59.8 Å². The molecule has 0 bridgehead atoms. The first-order valence-electron chi connectivity index (χ1n) is 9.04. The van der Waals surface area contributed by atoms with Gasteiger partial charge in [0.05, 0.1) is 12.1 Å². The van der Waals surface area contributed by atoms with E-state index < -0.39 is 0 Å². The van der Waals surface area contributed by atoms with Crippen molar-refractivity contribution in [1.29, 1.82) is 0 Å². The summed E-state index contributed by atoms with van der Waals surface area (Å²) in [5.74, 6) is -0.0746. The highest BCUT2D eigenvalue weighted by atomic mass is 35.5. The van der Waals surface area contributed by atoms with Gasteiger partial charge >= 0.3 is 0 Å². The molecule has 1 amide bonds. The monoisotopic (exact) mass is 410 g/mol. The summed E-state index contributed by atoms with van der Waals surface area (Å²) in [6.45, 7) is 3.34. The van der Waals surface area contributed by atoms with Crippen LogP contribution in [0.5, 0.6) is 0 Å². The number of thiazole rings is 1. The first-order chi connectivity index (χ1) is 13.7. The Morgan fingerprint density at radius 2 is 2.11 bits per heavy atom. The molecule has 0 spiro atoms. The average Bonchev–Trinajstić information content (AvgIpc) is 3.31. The summed E-state index contributed by atoms with van der Waals surface area (Å²) in [4.78, 5) is 21.5. The lowest BCUT2D eigenvalue weighted by atomic mass is 10.2. The number of nitrogens with zero attached hydrogens (tertiary/aromatic N) is 3. The predicted octanol–water partition coefficient (Wildman–Crippen LogP) is 4.69. The predicted molar refractivity (Wildman–Crippen MR) is 114 cm³/mol. The molecule has 5 nitrogen and oxygen atoms in total. The highest BCUT2D eigenvalue weighted by molar-refractivity contribution is 7.13. The minimum absolute atomic E-state index is 0.0746. The molecule has 0 saturated heterocycles. The van der Waals surface area contributed by atoms with Gasteiger partial charge in [-0.2, -0.15) is 0 Å². The Hall–Kier alpha value is -2.70. The summed E-state index contributed by atoms with van der Waals surface area (Å²) >= 11 is 7.68. The van der Waals surface area contributed by atoms with Gasteiger partial charge in [0.1, 0.15) is 10.7 Å². The van der Waals surface area contributed by atoms with E-state index >= 15 is 0 Å². The minimum Gasteiger partial charge on any atom is -0.352 e. The number of amides is 1. The SMILES string of the molecule is CCn1cc(-c2nc(CC(=O)NCc3ccccc3Cl)cs2)c2cccnc21. The lowest BCUT2D eigenvalue weighted by molar-refractivity contribution is -0.120. The van der Waals surface area contributed by atoms with Gasteiger partial charge in [-0.1, -0.05) is 29.8 Å². The van der Waals surface area contributed by atoms with Crippen molar-refractivity contribution in [2.45, 2.75) is 26.4 Å². The molecule has 4 aromatic rings. The van der Waals surface area contributed by atoms with E-state index in [0.717, 1.165) is 39.4 Å². The molecule has 142 valence electrons. The van der Waals surface area contributed by atoms with Crippen LogP contribution in [0.3, 0.4) is 0 Å². The number of halogens is 1. The molecule has 0 aliphatic carbocycles. The van der Waals surface area contributed by atoms with Crippen LogP contribution in [0.4, 0.5) is 0 Å². The fraction of sp³-hybridized carbons (Fsp3) is 0.190. The highest BCUT2D eigenvalue weighted by Gasteiger charge is 2.15. The molecule has 3 heterocycles. The van der Waals surface area contributed by atoms with Crippen LogP contribution >= 0.6 is 22.9 Å². The van der Waals surface area contributed by atoms with Gasteiger partial charge in [0.25, 0.3) is 0 Å². The first-order valence-corrected chi connectivity index (χ1v) is 10.3. The van der Waals surface area contributed by atoms with Crippen LogP contribution in [0.25, 0.3) is 21.6 Å². The fourth-order valence-electron chi connectivity index (χ4n) is 3.11. The summed E-state index contributed by atoms with van der Waals surface area (Å²) in [6, 6.07) is 11.5. The summed E-state index contributed by atoms with van der Waals surface area (Å²) < 4.78 is 2.11. The third-order valence-corrected chi connectivity index (χ3v) is 5.83. The van der Waals surface area contributed by atoms with Crippen LogP contribution in [-0.4, -0.2) is 20.4 Å². The van der Waals surface area contributed by atoms with Gasteiger partial charge in [-0.15, -0.1) is 11.3 Å². The molecule has 0 aliphatic rings. The van der Waals surface area contributed by atoms with Gasteiger partial charge in [0, 0.05) is 46.8 Å². The fourth-order valence-corrected chi connectivity index (χ4v) is 4.15. The maximum atomic E-state index is 12.3. The lowest BCUT2D eigenvalue weighted by Crippen LogP contribution is -2.24. The molecule has 3 aromatic heterocycles. The lowest BCUT2D eigenvalue weighted by Gasteiger charge is -2.05. The summed E-state index contributed by atoms with van der Waals surface area (Å²) in [7, 11) is 0. The third-order valence-electron chi connectivity index (χ3n) is 4.53. The molecule has 0 saturated carbocycles. The second kappa shape index (κ2) is 8.12. The molecule has 7 heteroatoms. The Kier molecular flexibility index (Phi) is 5.41. The van der Waals surface area contributed by atoms with Crippen LogP contribution in [0.1, 0.15) is 18.2 Å². The van der Waals surface area contributed by atoms with Crippen molar-refractivity contribution in [3.05, 3.63) is 70.5 Å². The van der Waals surface area contributed by atoms with E-state index in [0.29, 0.717) is 11.6 Å². The summed E-state index contributed by atoms with van der Waals surface area (Å²) in [6.07, 6.45) is 4.12. The number of fused-ring (bicyclic) bond motifs is 1. The Morgan fingerprint density at radius 3 is 2.93 bits per heavy atom. The van der Waals surface area contributed by atoms with Crippen molar-refractivity contribution in [2.75, 3.05) is 0 Å². The third kappa shape index (κ3) is 3.79. The zero-order valence-electron chi connectivity index (χ0n) is 15.4. The number of aromatic nitrogens is 3. The summed E-state index contributed by atoms with van der Waals surface area (Å²) in [5, 5.41) is 7.48. The van der Waals surface area contributed by atoms with Crippen molar-refractivity contribution in [3.8, 4) is 10.6 Å². The van der Waals surface area contributed by atoms with Crippen LogP contribution in [0, 0.1) is 0 Å². The van der Waals surface area contributed by atoms with E-state index in [9.17, 15) is 4.79 Å². The molecule has 0 aliphatic heterocycles. The highest BCUT2D eigenvalue weighted by Crippen LogP contribution is 2.31. The number of nitrogens with one attached hydrogen (secondary N) is 1. The molecular formula is C21H19ClN4OS. The molecule has 4 rings (SSSR count). The molecule has 0 radical (unpaired) electrons. The van der Waals surface area contributed by atoms with E-state index in [2.05, 4.69) is 39.0 Å². The number of carbonyl (C=O) groups is 1. The van der Waals surface area contributed by atoms with Gasteiger partial charge in [-0.3, -0.25) is 4.79 Å². The van der Waals surface area contributed by atoms with Crippen molar-refractivity contribution in [2.24, 2.45) is 0 Å². The Morgan fingerprint density at radius 1 is 1.25 bits per heavy atom. The van der Waals surface area contributed by atoms with E-state index in [4.69, 9.17) is 11.6 Å². The maximum absolute atomic E-state index is 12.3. The first kappa shape index (κ1) is 18.7. The average molecular weight is 411 g/mol. The second-order valence-corrected chi connectivity index (χ2v) is 7.66. The Labute approximate surface area is 172 Å². The normalized spacial score (nSPS) is 11.1. The number of rotatable bonds is 6. The van der Waals surface area contributed by atoms with Crippen molar-refractivity contribution in [1.82, 2.24) is 19.9 Å². The van der Waals surface area contributed by atoms with Gasteiger partial charge in [-0.25, -0.2) is 9.97 Å². The van der Waals surface area contributed by atoms with Crippen molar-refractivity contribution in [3.63, 3.8) is 0 Å². The van der Waals surface area contributed by atoms with Crippen molar-refractivity contribution >= 4 is 39.9 Å². The molecular weight excluding hydrogens is 392 g/mol. The van der Waals surface area contributed by atoms with E-state index in [-0.39, 0.29) is 12.3 Å². The number of hydrogen-bond donors (Lipinski definition) is 1. The Bertz CT molecular complexity index is 1130. The van der Waals surface area contributed by atoms with E-state index in [1.807, 2.05) is 35.7 Å². The molecule has 1 N–H and O–H groups in total. The number of pyridine rings is 1. The summed E-state index contributed by atoms with van der Waals surface area (Å²) in [5.41, 5.74) is 3.67. The minimum atomic E-state index is -0.0746. The molecule has 28 heavy (non-hydrogen) atoms. The zero-order chi connectivity index (χ0) is 19.5. The second-order valence-electron chi connectivity index (χ2n) is 6.39. The van der Waals surface area contributed by atoms with Crippen LogP contribution in [0.15, 0.2) is 54.2 Å². The van der Waals surface area contributed by atoms with E-state index in [1.165, 1.54) is 0 Å². The van der Waals surface area contributed by atoms with Crippen LogP contribution in [-0.2, 0) is 24.3 Å². The maximum Gasteiger partial charge on any atom is 0.226 e. The zero-order valence-corrected chi connectivity index (χ0v) is 16.9. The number of carbonyl (C=O) groups excluding carboxylic acids is 1. The molecule has 0 atom stereocenters. The van der Waals surface area contributed by atoms with E-state index in [1.54, 1.807) is 17.5 Å². The van der Waals surface area contributed by atoms with Gasteiger partial charge < -0.3 is 9.88 Å². The number of benzene rings is 1. The molecule has 0 unspecified atom stereocenters. The number of aryl methyl sites for hydroxylation is 1. The van der Waals surface area contributed by atoms with Crippen LogP contribution < -0.4 is 5.32 Å². The smallest absolute Gasteiger partial charge is 0.226 e. The van der Waals surface area contributed by atoms with Crippen LogP contribution in [0.2, 0.25) is 5.02 Å². The Balaban J connectivity index is 1.48. The van der Waals surface area contributed by atoms with Gasteiger partial charge in [0.2, 0.25) is 5.91 Å². The van der Waals surface area contributed by atoms with Gasteiger partial charge in [-0.05, 0) is 30.7 Å². The quantitative estimate of drug-likeness (QED) is 0.501. The van der Waals surface area contributed by atoms with Gasteiger partial charge in [0.15, 0.2) is 0 Å². The number of hydrogen-bond acceptors (Lipinski definition) is 4. The molecule has 0 fully saturated rings. The molecule has 1 aromatic carbocycles. The van der Waals surface area contributed by atoms with Crippen molar-refractivity contribution < 1.29 is 4.79 Å². The standard InChI is InChI=1S/C21H19ClN4OS/c1-2-26-12-17(16-7-5-9-23-20(16)26)21-25-15(13-28-21)10-19(27)24-11-14-6-3-4-8-18(14)22/h3-9,12-13H,2,10-11H2,1H3,(H,24,27). The largest absolute Gasteiger partial charge is 0.352 e.